The number of carbonyl (C=O) groups excluding carboxylic acids is 5. The van der Waals surface area contributed by atoms with Crippen LogP contribution in [0.1, 0.15) is 186 Å². The smallest absolute Gasteiger partial charge is 0.411 e. The summed E-state index contributed by atoms with van der Waals surface area (Å²) >= 11 is 1.74. The Hall–Kier alpha value is -5.30. The van der Waals surface area contributed by atoms with Crippen LogP contribution >= 0.6 is 11.8 Å². The zero-order chi connectivity index (χ0) is 55.8. The predicted octanol–water partition coefficient (Wildman–Crippen LogP) is 14.8. The van der Waals surface area contributed by atoms with E-state index < -0.39 is 11.1 Å². The topological polar surface area (TPSA) is 114 Å². The summed E-state index contributed by atoms with van der Waals surface area (Å²) in [4.78, 5) is 70.5. The van der Waals surface area contributed by atoms with Gasteiger partial charge in [-0.2, -0.15) is 0 Å². The van der Waals surface area contributed by atoms with Crippen molar-refractivity contribution in [2.75, 3.05) is 14.1 Å². The van der Waals surface area contributed by atoms with Gasteiger partial charge in [-0.15, -0.1) is 11.8 Å². The molecule has 0 aromatic heterocycles. The van der Waals surface area contributed by atoms with Crippen LogP contribution in [-0.4, -0.2) is 114 Å². The second-order valence-corrected chi connectivity index (χ2v) is 21.8. The minimum atomic E-state index is -0.693. The first-order chi connectivity index (χ1) is 33.6. The van der Waals surface area contributed by atoms with E-state index in [1.807, 2.05) is 192 Å². The molecule has 13 heteroatoms. The van der Waals surface area contributed by atoms with Gasteiger partial charge in [0.05, 0.1) is 16.8 Å². The van der Waals surface area contributed by atoms with Gasteiger partial charge in [-0.25, -0.2) is 14.4 Å². The maximum Gasteiger partial charge on any atom is 0.411 e. The standard InChI is InChI=1S/C16H22N2O.C14H19NO2.C14H19NOS.C9H16N2O2.3C2H6/c1-11(2)18-15(14-9-7-6-8-10-14)12(3)13(4)17(5)16(18)19;1-10(2)15-12(11-8-6-5-7-9-11)14(3,4)17-13(15)16;1-10(2)15-12(11-8-6-5-7-9-11)17-14(3,4)13(15)16;1-6(2)11-7(12)9(3,4)10(5)8(11)13;3*1-2/h6-11,15H,1-5H3;2*5-10,12H,1-4H3;6H,1-5H3;3*1-2H3. The number of likely N-dealkylation sites (N-methyl/N-ethyl adjacent to an activating group) is 1. The molecule has 4 aliphatic rings. The molecular formula is C59H94N6O6S. The quantitative estimate of drug-likeness (QED) is 0.217. The molecular weight excluding hydrogens is 921 g/mol. The highest BCUT2D eigenvalue weighted by atomic mass is 32.2. The Labute approximate surface area is 440 Å². The first kappa shape index (κ1) is 64.7. The fraction of sp³-hybridized carbons (Fsp3) is 0.576. The molecule has 7 amide bonds. The van der Waals surface area contributed by atoms with Gasteiger partial charge < -0.3 is 24.3 Å². The van der Waals surface area contributed by atoms with Gasteiger partial charge in [-0.1, -0.05) is 133 Å². The lowest BCUT2D eigenvalue weighted by molar-refractivity contribution is -0.134. The van der Waals surface area contributed by atoms with Crippen LogP contribution in [0.4, 0.5) is 14.4 Å². The number of nitrogens with zero attached hydrogens (tertiary/aromatic N) is 6. The number of urea groups is 2. The molecule has 3 aromatic rings. The molecule has 7 rings (SSSR count). The van der Waals surface area contributed by atoms with Crippen molar-refractivity contribution in [3.8, 4) is 0 Å². The average molecular weight is 1020 g/mol. The lowest BCUT2D eigenvalue weighted by Crippen LogP contribution is -2.50. The number of hydrogen-bond donors (Lipinski definition) is 0. The molecule has 72 heavy (non-hydrogen) atoms. The number of cyclic esters (lactones) is 1. The van der Waals surface area contributed by atoms with E-state index in [9.17, 15) is 24.0 Å². The van der Waals surface area contributed by atoms with E-state index in [1.165, 1.54) is 26.5 Å². The Morgan fingerprint density at radius 2 is 0.917 bits per heavy atom. The van der Waals surface area contributed by atoms with Crippen LogP contribution in [0.25, 0.3) is 0 Å². The molecule has 0 saturated carbocycles. The minimum Gasteiger partial charge on any atom is -0.441 e. The molecule has 0 aliphatic carbocycles. The molecule has 0 bridgehead atoms. The van der Waals surface area contributed by atoms with Crippen LogP contribution in [0.2, 0.25) is 0 Å². The summed E-state index contributed by atoms with van der Waals surface area (Å²) in [6.07, 6.45) is -0.223. The van der Waals surface area contributed by atoms with E-state index in [-0.39, 0.29) is 76.3 Å². The summed E-state index contributed by atoms with van der Waals surface area (Å²) in [5, 5.41) is 0.152. The van der Waals surface area contributed by atoms with Crippen molar-refractivity contribution in [1.29, 1.82) is 0 Å². The number of rotatable bonds is 7. The highest BCUT2D eigenvalue weighted by molar-refractivity contribution is 8.02. The summed E-state index contributed by atoms with van der Waals surface area (Å²) in [6, 6.07) is 30.9. The van der Waals surface area contributed by atoms with Crippen molar-refractivity contribution in [2.45, 2.75) is 210 Å². The average Bonchev–Trinajstić information content (AvgIpc) is 3.82. The molecule has 0 radical (unpaired) electrons. The van der Waals surface area contributed by atoms with Crippen molar-refractivity contribution >= 4 is 41.7 Å². The van der Waals surface area contributed by atoms with E-state index >= 15 is 0 Å². The highest BCUT2D eigenvalue weighted by Crippen LogP contribution is 2.50. The number of allylic oxidation sites excluding steroid dienone is 1. The maximum atomic E-state index is 12.5. The van der Waals surface area contributed by atoms with E-state index in [0.717, 1.165) is 11.3 Å². The van der Waals surface area contributed by atoms with Crippen LogP contribution in [0.5, 0.6) is 0 Å². The first-order valence-corrected chi connectivity index (χ1v) is 27.0. The Morgan fingerprint density at radius 3 is 1.28 bits per heavy atom. The monoisotopic (exact) mass is 1010 g/mol. The summed E-state index contributed by atoms with van der Waals surface area (Å²) in [7, 11) is 3.50. The Balaban J connectivity index is 0.000000466. The number of benzene rings is 3. The Bertz CT molecular complexity index is 2200. The van der Waals surface area contributed by atoms with Gasteiger partial charge in [-0.3, -0.25) is 19.4 Å². The third kappa shape index (κ3) is 14.9. The van der Waals surface area contributed by atoms with Gasteiger partial charge in [0.25, 0.3) is 5.91 Å². The van der Waals surface area contributed by atoms with Crippen LogP contribution < -0.4 is 0 Å². The Morgan fingerprint density at radius 1 is 0.514 bits per heavy atom. The van der Waals surface area contributed by atoms with Gasteiger partial charge in [0, 0.05) is 44.0 Å². The summed E-state index contributed by atoms with van der Waals surface area (Å²) in [5.41, 5.74) is 4.62. The van der Waals surface area contributed by atoms with Crippen molar-refractivity contribution in [2.24, 2.45) is 0 Å². The largest absolute Gasteiger partial charge is 0.441 e. The lowest BCUT2D eigenvalue weighted by atomic mass is 9.91. The van der Waals surface area contributed by atoms with Crippen molar-refractivity contribution in [3.05, 3.63) is 119 Å². The van der Waals surface area contributed by atoms with E-state index in [0.29, 0.717) is 0 Å². The molecule has 4 aliphatic heterocycles. The lowest BCUT2D eigenvalue weighted by Gasteiger charge is -2.43. The normalized spacial score (nSPS) is 20.6. The van der Waals surface area contributed by atoms with E-state index in [2.05, 4.69) is 58.9 Å². The third-order valence-corrected chi connectivity index (χ3v) is 14.2. The number of imide groups is 1. The number of ether oxygens (including phenoxy) is 1. The van der Waals surface area contributed by atoms with Gasteiger partial charge in [0.2, 0.25) is 5.91 Å². The zero-order valence-corrected chi connectivity index (χ0v) is 49.6. The van der Waals surface area contributed by atoms with Crippen molar-refractivity contribution < 1.29 is 28.7 Å². The summed E-state index contributed by atoms with van der Waals surface area (Å²) < 4.78 is 5.16. The predicted molar refractivity (Wildman–Crippen MR) is 301 cm³/mol. The fourth-order valence-corrected chi connectivity index (χ4v) is 10.2. The maximum absolute atomic E-state index is 12.5. The summed E-state index contributed by atoms with van der Waals surface area (Å²) in [6.45, 7) is 43.6. The molecule has 3 unspecified atom stereocenters. The molecule has 402 valence electrons. The third-order valence-electron chi connectivity index (χ3n) is 12.8. The van der Waals surface area contributed by atoms with Crippen LogP contribution in [-0.2, 0) is 14.3 Å². The van der Waals surface area contributed by atoms with Crippen LogP contribution in [0.15, 0.2) is 102 Å². The Kier molecular flexibility index (Phi) is 25.4. The number of carbonyl (C=O) groups is 5. The van der Waals surface area contributed by atoms with Gasteiger partial charge in [0.1, 0.15) is 16.5 Å². The highest BCUT2D eigenvalue weighted by Gasteiger charge is 2.51. The molecule has 12 nitrogen and oxygen atoms in total. The first-order valence-electron chi connectivity index (χ1n) is 26.1. The second kappa shape index (κ2) is 28.2. The fourth-order valence-electron chi connectivity index (χ4n) is 8.68. The number of thioether (sulfide) groups is 1. The second-order valence-electron chi connectivity index (χ2n) is 20.1. The molecule has 4 heterocycles. The molecule has 3 aromatic carbocycles. The zero-order valence-electron chi connectivity index (χ0n) is 48.7. The van der Waals surface area contributed by atoms with Crippen molar-refractivity contribution in [3.63, 3.8) is 0 Å². The van der Waals surface area contributed by atoms with Gasteiger partial charge in [-0.05, 0) is 133 Å². The summed E-state index contributed by atoms with van der Waals surface area (Å²) in [5.74, 6) is 0.126. The van der Waals surface area contributed by atoms with Crippen LogP contribution in [0.3, 0.4) is 0 Å². The number of amides is 7. The van der Waals surface area contributed by atoms with Crippen molar-refractivity contribution in [1.82, 2.24) is 29.4 Å². The molecule has 3 saturated heterocycles. The molecule has 0 N–H and O–H groups in total. The van der Waals surface area contributed by atoms with Gasteiger partial charge >= 0.3 is 18.2 Å². The van der Waals surface area contributed by atoms with E-state index in [1.54, 1.807) is 37.6 Å². The molecule has 3 atom stereocenters. The molecule has 3 fully saturated rings. The SMILES string of the molecule is CC.CC.CC.CC(C)N1C(=O)C(C)(C)SC1c1ccccc1.CC(C)N1C(=O)N(C)C(C)(C)C1=O.CC(C)N1C(=O)OC(C)(C)C1c1ccccc1.CC1=C(C)N(C)C(=O)N(C(C)C)C1c1ccccc1. The number of hydrogen-bond acceptors (Lipinski definition) is 7. The van der Waals surface area contributed by atoms with Gasteiger partial charge in [0.15, 0.2) is 0 Å². The minimum absolute atomic E-state index is 0.0174. The van der Waals surface area contributed by atoms with Crippen LogP contribution in [0, 0.1) is 0 Å². The molecule has 0 spiro atoms. The van der Waals surface area contributed by atoms with E-state index in [4.69, 9.17) is 4.74 Å².